The Kier molecular flexibility index (Phi) is 21.2. The van der Waals surface area contributed by atoms with E-state index in [9.17, 15) is 0 Å². The van der Waals surface area contributed by atoms with Crippen LogP contribution in [0.15, 0.2) is 48.5 Å². The van der Waals surface area contributed by atoms with E-state index in [4.69, 9.17) is 17.9 Å². The highest BCUT2D eigenvalue weighted by molar-refractivity contribution is 5.46. The van der Waals surface area contributed by atoms with Crippen LogP contribution in [0, 0.1) is 13.1 Å². The molecule has 0 fully saturated rings. The summed E-state index contributed by atoms with van der Waals surface area (Å²) in [6.07, 6.45) is 29.1. The zero-order chi connectivity index (χ0) is 29.1. The molecule has 0 aromatic heterocycles. The monoisotopic (exact) mass is 556 g/mol. The molecule has 0 atom stereocenters. The van der Waals surface area contributed by atoms with Gasteiger partial charge < -0.3 is 4.74 Å². The smallest absolute Gasteiger partial charge is 0.187 e. The Hall–Kier alpha value is -2.62. The van der Waals surface area contributed by atoms with Crippen LogP contribution in [-0.4, -0.2) is 13.2 Å². The molecular weight excluding hydrogens is 500 g/mol. The van der Waals surface area contributed by atoms with Crippen molar-refractivity contribution in [3.05, 3.63) is 82.5 Å². The SMILES string of the molecule is [C-]#[N+]c1ccc(CCCCCCCCCCCCOCCCCCCCCCCCCc2ccc([N+]#[C-])cc2)cc1. The van der Waals surface area contributed by atoms with Gasteiger partial charge in [-0.25, -0.2) is 9.69 Å². The molecule has 0 aliphatic rings. The van der Waals surface area contributed by atoms with Crippen LogP contribution >= 0.6 is 0 Å². The summed E-state index contributed by atoms with van der Waals surface area (Å²) in [7, 11) is 0. The Balaban J connectivity index is 1.20. The molecule has 2 rings (SSSR count). The van der Waals surface area contributed by atoms with Crippen molar-refractivity contribution in [1.29, 1.82) is 0 Å². The molecule has 0 aliphatic heterocycles. The van der Waals surface area contributed by atoms with Gasteiger partial charge in [0.2, 0.25) is 0 Å². The maximum absolute atomic E-state index is 7.02. The molecular formula is C38H56N2O. The van der Waals surface area contributed by atoms with Crippen molar-refractivity contribution >= 4 is 11.4 Å². The maximum Gasteiger partial charge on any atom is 0.187 e. The van der Waals surface area contributed by atoms with E-state index in [1.807, 2.05) is 24.3 Å². The van der Waals surface area contributed by atoms with Gasteiger partial charge in [-0.15, -0.1) is 0 Å². The lowest BCUT2D eigenvalue weighted by Crippen LogP contribution is -1.97. The third kappa shape index (κ3) is 19.2. The molecule has 0 bridgehead atoms. The van der Waals surface area contributed by atoms with E-state index in [-0.39, 0.29) is 0 Å². The predicted molar refractivity (Wildman–Crippen MR) is 176 cm³/mol. The average Bonchev–Trinajstić information content (AvgIpc) is 3.01. The van der Waals surface area contributed by atoms with Gasteiger partial charge in [0, 0.05) is 13.2 Å². The first-order valence-electron chi connectivity index (χ1n) is 16.8. The van der Waals surface area contributed by atoms with Crippen LogP contribution in [-0.2, 0) is 17.6 Å². The van der Waals surface area contributed by atoms with E-state index in [0.717, 1.165) is 37.4 Å². The Labute approximate surface area is 252 Å². The number of benzene rings is 2. The van der Waals surface area contributed by atoms with Gasteiger partial charge in [-0.1, -0.05) is 162 Å². The summed E-state index contributed by atoms with van der Waals surface area (Å²) in [5.41, 5.74) is 4.21. The number of hydrogen-bond donors (Lipinski definition) is 0. The van der Waals surface area contributed by atoms with Crippen LogP contribution in [0.5, 0.6) is 0 Å². The van der Waals surface area contributed by atoms with Crippen LogP contribution in [0.25, 0.3) is 9.69 Å². The average molecular weight is 557 g/mol. The Morgan fingerprint density at radius 3 is 0.927 bits per heavy atom. The van der Waals surface area contributed by atoms with E-state index in [1.54, 1.807) is 0 Å². The highest BCUT2D eigenvalue weighted by Gasteiger charge is 1.98. The first kappa shape index (κ1) is 34.6. The lowest BCUT2D eigenvalue weighted by atomic mass is 10.0. The Bertz CT molecular complexity index is 872. The molecule has 0 amide bonds. The zero-order valence-corrected chi connectivity index (χ0v) is 25.9. The maximum atomic E-state index is 7.02. The molecule has 0 saturated carbocycles. The van der Waals surface area contributed by atoms with Crippen LogP contribution in [0.1, 0.15) is 140 Å². The Morgan fingerprint density at radius 1 is 0.366 bits per heavy atom. The lowest BCUT2D eigenvalue weighted by Gasteiger charge is -2.06. The van der Waals surface area contributed by atoms with Crippen molar-refractivity contribution in [2.24, 2.45) is 0 Å². The molecule has 3 heteroatoms. The topological polar surface area (TPSA) is 17.9 Å². The first-order valence-corrected chi connectivity index (χ1v) is 16.8. The minimum Gasteiger partial charge on any atom is -0.381 e. The molecule has 0 heterocycles. The second-order valence-electron chi connectivity index (χ2n) is 11.7. The first-order chi connectivity index (χ1) is 20.3. The molecule has 41 heavy (non-hydrogen) atoms. The molecule has 2 aromatic rings. The van der Waals surface area contributed by atoms with Crippen molar-refractivity contribution in [3.63, 3.8) is 0 Å². The second kappa shape index (κ2) is 25.1. The van der Waals surface area contributed by atoms with E-state index in [2.05, 4.69) is 34.0 Å². The summed E-state index contributed by atoms with van der Waals surface area (Å²) in [6.45, 7) is 15.9. The number of hydrogen-bond acceptors (Lipinski definition) is 1. The largest absolute Gasteiger partial charge is 0.381 e. The van der Waals surface area contributed by atoms with E-state index in [0.29, 0.717) is 0 Å². The number of aryl methyl sites for hydroxylation is 2. The molecule has 2 aromatic carbocycles. The number of rotatable bonds is 26. The van der Waals surface area contributed by atoms with E-state index < -0.39 is 0 Å². The van der Waals surface area contributed by atoms with Crippen LogP contribution in [0.3, 0.4) is 0 Å². The molecule has 0 unspecified atom stereocenters. The van der Waals surface area contributed by atoms with Crippen molar-refractivity contribution in [1.82, 2.24) is 0 Å². The summed E-state index contributed by atoms with van der Waals surface area (Å²) in [5.74, 6) is 0. The molecule has 224 valence electrons. The standard InChI is InChI=1S/C38H56N2O/c1-39-37-29-25-35(26-30-37)23-19-15-11-7-3-5-9-13-17-21-33-41-34-22-18-14-10-6-4-8-12-16-20-24-36-27-31-38(40-2)32-28-36/h25-32H,3-24,33-34H2. The van der Waals surface area contributed by atoms with Gasteiger partial charge in [0.15, 0.2) is 11.4 Å². The number of unbranched alkanes of at least 4 members (excludes halogenated alkanes) is 18. The van der Waals surface area contributed by atoms with Gasteiger partial charge in [0.1, 0.15) is 0 Å². The summed E-state index contributed by atoms with van der Waals surface area (Å²) in [6, 6.07) is 16.2. The molecule has 3 nitrogen and oxygen atoms in total. The highest BCUT2D eigenvalue weighted by Crippen LogP contribution is 2.17. The summed E-state index contributed by atoms with van der Waals surface area (Å²) in [4.78, 5) is 6.91. The van der Waals surface area contributed by atoms with Crippen LogP contribution < -0.4 is 0 Å². The van der Waals surface area contributed by atoms with Crippen LogP contribution in [0.4, 0.5) is 11.4 Å². The lowest BCUT2D eigenvalue weighted by molar-refractivity contribution is 0.125. The third-order valence-electron chi connectivity index (χ3n) is 8.14. The normalized spacial score (nSPS) is 10.9. The fraction of sp³-hybridized carbons (Fsp3) is 0.632. The van der Waals surface area contributed by atoms with Crippen LogP contribution in [0.2, 0.25) is 0 Å². The fourth-order valence-corrected chi connectivity index (χ4v) is 5.47. The quantitative estimate of drug-likeness (QED) is 0.0832. The van der Waals surface area contributed by atoms with Crippen molar-refractivity contribution < 1.29 is 4.74 Å². The van der Waals surface area contributed by atoms with Gasteiger partial charge in [0.25, 0.3) is 0 Å². The number of ether oxygens (including phenoxy) is 1. The molecule has 0 saturated heterocycles. The second-order valence-corrected chi connectivity index (χ2v) is 11.7. The molecule has 0 spiro atoms. The zero-order valence-electron chi connectivity index (χ0n) is 25.9. The minimum absolute atomic E-state index is 0.741. The van der Waals surface area contributed by atoms with Gasteiger partial charge >= 0.3 is 0 Å². The fourth-order valence-electron chi connectivity index (χ4n) is 5.47. The van der Waals surface area contributed by atoms with Crippen molar-refractivity contribution in [2.45, 2.75) is 141 Å². The Morgan fingerprint density at radius 2 is 0.634 bits per heavy atom. The van der Waals surface area contributed by atoms with E-state index in [1.165, 1.54) is 140 Å². The summed E-state index contributed by atoms with van der Waals surface area (Å²) in [5, 5.41) is 0. The van der Waals surface area contributed by atoms with Crippen molar-refractivity contribution in [2.75, 3.05) is 13.2 Å². The van der Waals surface area contributed by atoms with Gasteiger partial charge in [-0.3, -0.25) is 0 Å². The minimum atomic E-state index is 0.741. The summed E-state index contributed by atoms with van der Waals surface area (Å²) < 4.78 is 5.86. The molecule has 0 aliphatic carbocycles. The highest BCUT2D eigenvalue weighted by atomic mass is 16.5. The van der Waals surface area contributed by atoms with Gasteiger partial charge in [0.05, 0.1) is 13.1 Å². The van der Waals surface area contributed by atoms with E-state index >= 15 is 0 Å². The van der Waals surface area contributed by atoms with Crippen molar-refractivity contribution in [3.8, 4) is 0 Å². The third-order valence-corrected chi connectivity index (χ3v) is 8.14. The predicted octanol–water partition coefficient (Wildman–Crippen LogP) is 12.4. The van der Waals surface area contributed by atoms with Gasteiger partial charge in [-0.2, -0.15) is 0 Å². The molecule has 0 N–H and O–H groups in total. The van der Waals surface area contributed by atoms with Gasteiger partial charge in [-0.05, 0) is 38.5 Å². The number of nitrogens with zero attached hydrogens (tertiary/aromatic N) is 2. The molecule has 0 radical (unpaired) electrons. The summed E-state index contributed by atoms with van der Waals surface area (Å²) >= 11 is 0.